The summed E-state index contributed by atoms with van der Waals surface area (Å²) in [5, 5.41) is 8.72. The molecule has 6 nitrogen and oxygen atoms in total. The summed E-state index contributed by atoms with van der Waals surface area (Å²) >= 11 is 0. The Balaban J connectivity index is 0.00000364. The number of rotatable bonds is 8. The Morgan fingerprint density at radius 2 is 2.04 bits per heavy atom. The predicted octanol–water partition coefficient (Wildman–Crippen LogP) is 3.29. The van der Waals surface area contributed by atoms with E-state index in [9.17, 15) is 9.18 Å². The molecule has 1 amide bonds. The van der Waals surface area contributed by atoms with E-state index in [1.165, 1.54) is 44.2 Å². The molecule has 0 spiro atoms. The minimum absolute atomic E-state index is 0. The average Bonchev–Trinajstić information content (AvgIpc) is 2.65. The maximum absolute atomic E-state index is 13.1. The number of aliphatic imine (C=N–C) groups is 1. The number of amides is 1. The molecule has 0 radical (unpaired) electrons. The first-order valence-electron chi connectivity index (χ1n) is 9.29. The smallest absolute Gasteiger partial charge is 0.243 e. The van der Waals surface area contributed by atoms with Crippen LogP contribution in [0, 0.1) is 5.82 Å². The van der Waals surface area contributed by atoms with Gasteiger partial charge in [-0.25, -0.2) is 4.39 Å². The lowest BCUT2D eigenvalue weighted by Crippen LogP contribution is -2.41. The highest BCUT2D eigenvalue weighted by molar-refractivity contribution is 14.0. The molecule has 1 aromatic rings. The van der Waals surface area contributed by atoms with Gasteiger partial charge in [-0.3, -0.25) is 9.79 Å². The number of hydrogen-bond acceptors (Lipinski definition) is 3. The molecule has 152 valence electrons. The third-order valence-corrected chi connectivity index (χ3v) is 4.27. The van der Waals surface area contributed by atoms with Crippen LogP contribution in [0.15, 0.2) is 29.3 Å². The highest BCUT2D eigenvalue weighted by atomic mass is 127. The van der Waals surface area contributed by atoms with Crippen LogP contribution in [-0.4, -0.2) is 44.7 Å². The van der Waals surface area contributed by atoms with Gasteiger partial charge in [0.05, 0.1) is 12.6 Å². The van der Waals surface area contributed by atoms with Gasteiger partial charge in [0.2, 0.25) is 5.91 Å². The Kier molecular flexibility index (Phi) is 12.0. The second-order valence-corrected chi connectivity index (χ2v) is 6.40. The van der Waals surface area contributed by atoms with Crippen LogP contribution < -0.4 is 16.0 Å². The van der Waals surface area contributed by atoms with Crippen LogP contribution in [-0.2, 0) is 9.53 Å². The number of ether oxygens (including phenoxy) is 1. The molecule has 1 aromatic carbocycles. The van der Waals surface area contributed by atoms with Gasteiger partial charge in [-0.05, 0) is 37.5 Å². The van der Waals surface area contributed by atoms with Crippen molar-refractivity contribution < 1.29 is 13.9 Å². The zero-order valence-electron chi connectivity index (χ0n) is 15.8. The second-order valence-electron chi connectivity index (χ2n) is 6.40. The third kappa shape index (κ3) is 9.90. The molecular weight excluding hydrogens is 462 g/mol. The topological polar surface area (TPSA) is 74.8 Å². The normalized spacial score (nSPS) is 15.0. The standard InChI is InChI=1S/C19H29FN4O2.HI/c1-21-19(22-11-6-12-26-17-9-3-2-4-10-17)23-14-18(25)24-16-8-5-7-15(20)13-16;/h5,7-8,13,17H,2-4,6,9-12,14H2,1H3,(H,24,25)(H2,21,22,23);1H. The molecule has 0 heterocycles. The number of nitrogens with one attached hydrogen (secondary N) is 3. The van der Waals surface area contributed by atoms with Gasteiger partial charge in [0.15, 0.2) is 5.96 Å². The molecule has 3 N–H and O–H groups in total. The molecule has 0 unspecified atom stereocenters. The molecule has 0 aliphatic heterocycles. The third-order valence-electron chi connectivity index (χ3n) is 4.27. The van der Waals surface area contributed by atoms with Gasteiger partial charge in [0, 0.05) is 25.9 Å². The number of anilines is 1. The molecule has 0 aromatic heterocycles. The Morgan fingerprint density at radius 3 is 2.74 bits per heavy atom. The molecular formula is C19H30FIN4O2. The van der Waals surface area contributed by atoms with Gasteiger partial charge < -0.3 is 20.7 Å². The number of hydrogen-bond donors (Lipinski definition) is 3. The quantitative estimate of drug-likeness (QED) is 0.226. The van der Waals surface area contributed by atoms with Crippen molar-refractivity contribution in [2.45, 2.75) is 44.6 Å². The van der Waals surface area contributed by atoms with Crippen LogP contribution in [0.4, 0.5) is 10.1 Å². The van der Waals surface area contributed by atoms with Crippen molar-refractivity contribution in [3.8, 4) is 0 Å². The van der Waals surface area contributed by atoms with E-state index in [4.69, 9.17) is 4.74 Å². The zero-order chi connectivity index (χ0) is 18.6. The molecule has 0 atom stereocenters. The van der Waals surface area contributed by atoms with E-state index in [1.54, 1.807) is 19.2 Å². The van der Waals surface area contributed by atoms with Gasteiger partial charge in [0.25, 0.3) is 0 Å². The summed E-state index contributed by atoms with van der Waals surface area (Å²) < 4.78 is 19.0. The van der Waals surface area contributed by atoms with E-state index in [0.29, 0.717) is 17.8 Å². The van der Waals surface area contributed by atoms with Crippen molar-refractivity contribution in [2.75, 3.05) is 32.1 Å². The summed E-state index contributed by atoms with van der Waals surface area (Å²) in [6, 6.07) is 5.80. The first-order valence-corrected chi connectivity index (χ1v) is 9.29. The van der Waals surface area contributed by atoms with E-state index in [0.717, 1.165) is 19.6 Å². The minimum atomic E-state index is -0.385. The number of guanidine groups is 1. The van der Waals surface area contributed by atoms with Crippen LogP contribution in [0.1, 0.15) is 38.5 Å². The number of halogens is 2. The van der Waals surface area contributed by atoms with Gasteiger partial charge >= 0.3 is 0 Å². The Labute approximate surface area is 177 Å². The van der Waals surface area contributed by atoms with Crippen molar-refractivity contribution in [2.24, 2.45) is 4.99 Å². The summed E-state index contributed by atoms with van der Waals surface area (Å²) in [5.74, 6) is -0.0973. The molecule has 1 aliphatic rings. The maximum Gasteiger partial charge on any atom is 0.243 e. The Hall–Kier alpha value is -1.42. The van der Waals surface area contributed by atoms with Crippen LogP contribution in [0.5, 0.6) is 0 Å². The predicted molar refractivity (Wildman–Crippen MR) is 117 cm³/mol. The number of nitrogens with zero attached hydrogens (tertiary/aromatic N) is 1. The van der Waals surface area contributed by atoms with Gasteiger partial charge in [-0.15, -0.1) is 24.0 Å². The van der Waals surface area contributed by atoms with Gasteiger partial charge in [-0.1, -0.05) is 25.3 Å². The maximum atomic E-state index is 13.1. The SMILES string of the molecule is CN=C(NCCCOC1CCCCC1)NCC(=O)Nc1cccc(F)c1.I. The molecule has 27 heavy (non-hydrogen) atoms. The van der Waals surface area contributed by atoms with Crippen molar-refractivity contribution in [3.63, 3.8) is 0 Å². The largest absolute Gasteiger partial charge is 0.378 e. The van der Waals surface area contributed by atoms with Crippen molar-refractivity contribution in [3.05, 3.63) is 30.1 Å². The van der Waals surface area contributed by atoms with Crippen LogP contribution >= 0.6 is 24.0 Å². The zero-order valence-corrected chi connectivity index (χ0v) is 18.1. The van der Waals surface area contributed by atoms with Crippen molar-refractivity contribution in [1.29, 1.82) is 0 Å². The summed E-state index contributed by atoms with van der Waals surface area (Å²) in [6.45, 7) is 1.50. The summed E-state index contributed by atoms with van der Waals surface area (Å²) in [6.07, 6.45) is 7.54. The van der Waals surface area contributed by atoms with Crippen LogP contribution in [0.2, 0.25) is 0 Å². The highest BCUT2D eigenvalue weighted by Gasteiger charge is 2.13. The van der Waals surface area contributed by atoms with Crippen LogP contribution in [0.25, 0.3) is 0 Å². The molecule has 0 bridgehead atoms. The highest BCUT2D eigenvalue weighted by Crippen LogP contribution is 2.20. The Bertz CT molecular complexity index is 595. The van der Waals surface area contributed by atoms with Crippen LogP contribution in [0.3, 0.4) is 0 Å². The first-order chi connectivity index (χ1) is 12.7. The first kappa shape index (κ1) is 23.6. The molecule has 2 rings (SSSR count). The van der Waals surface area contributed by atoms with E-state index >= 15 is 0 Å². The fourth-order valence-electron chi connectivity index (χ4n) is 2.92. The monoisotopic (exact) mass is 492 g/mol. The van der Waals surface area contributed by atoms with Gasteiger partial charge in [-0.2, -0.15) is 0 Å². The Morgan fingerprint density at radius 1 is 1.26 bits per heavy atom. The van der Waals surface area contributed by atoms with Crippen molar-refractivity contribution >= 4 is 41.5 Å². The number of carbonyl (C=O) groups is 1. The molecule has 1 fully saturated rings. The lowest BCUT2D eigenvalue weighted by Gasteiger charge is -2.22. The van der Waals surface area contributed by atoms with Crippen molar-refractivity contribution in [1.82, 2.24) is 10.6 Å². The average molecular weight is 492 g/mol. The number of carbonyl (C=O) groups excluding carboxylic acids is 1. The molecule has 0 saturated heterocycles. The summed E-state index contributed by atoms with van der Waals surface area (Å²) in [5.41, 5.74) is 0.430. The van der Waals surface area contributed by atoms with E-state index < -0.39 is 0 Å². The molecule has 8 heteroatoms. The fraction of sp³-hybridized carbons (Fsp3) is 0.579. The lowest BCUT2D eigenvalue weighted by atomic mass is 9.98. The van der Waals surface area contributed by atoms with E-state index in [1.807, 2.05) is 0 Å². The minimum Gasteiger partial charge on any atom is -0.378 e. The number of benzene rings is 1. The lowest BCUT2D eigenvalue weighted by molar-refractivity contribution is -0.115. The van der Waals surface area contributed by atoms with E-state index in [2.05, 4.69) is 20.9 Å². The fourth-order valence-corrected chi connectivity index (χ4v) is 2.92. The summed E-state index contributed by atoms with van der Waals surface area (Å²) in [7, 11) is 1.65. The molecule has 1 saturated carbocycles. The molecule has 1 aliphatic carbocycles. The van der Waals surface area contributed by atoms with Gasteiger partial charge in [0.1, 0.15) is 5.82 Å². The van der Waals surface area contributed by atoms with E-state index in [-0.39, 0.29) is 42.2 Å². The second kappa shape index (κ2) is 13.7. The summed E-state index contributed by atoms with van der Waals surface area (Å²) in [4.78, 5) is 16.0.